The number of rotatable bonds is 7. The van der Waals surface area contributed by atoms with Gasteiger partial charge in [-0.2, -0.15) is 0 Å². The van der Waals surface area contributed by atoms with Crippen molar-refractivity contribution in [3.05, 3.63) is 0 Å². The molecule has 0 heterocycles. The third-order valence-electron chi connectivity index (χ3n) is 2.11. The topological polar surface area (TPSA) is 21.3 Å². The van der Waals surface area contributed by atoms with Crippen molar-refractivity contribution >= 4 is 8.32 Å². The molecule has 0 aliphatic rings. The molecule has 0 aromatic carbocycles. The van der Waals surface area contributed by atoms with Crippen molar-refractivity contribution in [2.75, 3.05) is 20.2 Å². The maximum Gasteiger partial charge on any atom is 0.186 e. The van der Waals surface area contributed by atoms with Crippen LogP contribution in [-0.4, -0.2) is 28.5 Å². The van der Waals surface area contributed by atoms with Crippen molar-refractivity contribution in [2.24, 2.45) is 0 Å². The highest BCUT2D eigenvalue weighted by Gasteiger charge is 2.18. The average molecular weight is 189 g/mol. The predicted molar refractivity (Wildman–Crippen MR) is 57.1 cm³/mol. The molecule has 0 rings (SSSR count). The maximum atomic E-state index is 5.46. The fraction of sp³-hybridized carbons (Fsp3) is 1.00. The first-order chi connectivity index (χ1) is 5.62. The highest BCUT2D eigenvalue weighted by Crippen LogP contribution is 2.11. The lowest BCUT2D eigenvalue weighted by molar-refractivity contribution is 0.401. The third-order valence-corrected chi connectivity index (χ3v) is 4.77. The van der Waals surface area contributed by atoms with Crippen LogP contribution in [0.25, 0.3) is 0 Å². The van der Waals surface area contributed by atoms with Crippen LogP contribution in [0.15, 0.2) is 0 Å². The van der Waals surface area contributed by atoms with Gasteiger partial charge >= 0.3 is 0 Å². The number of hydrogen-bond donors (Lipinski definition) is 1. The van der Waals surface area contributed by atoms with E-state index >= 15 is 0 Å². The quantitative estimate of drug-likeness (QED) is 0.490. The normalized spacial score (nSPS) is 12.0. The van der Waals surface area contributed by atoms with Crippen LogP contribution in [0, 0.1) is 0 Å². The van der Waals surface area contributed by atoms with E-state index in [0.717, 1.165) is 13.1 Å². The van der Waals surface area contributed by atoms with Crippen LogP contribution in [0.2, 0.25) is 19.1 Å². The van der Waals surface area contributed by atoms with Gasteiger partial charge in [0, 0.05) is 7.11 Å². The van der Waals surface area contributed by atoms with E-state index in [0.29, 0.717) is 0 Å². The molecular weight excluding hydrogens is 166 g/mol. The third kappa shape index (κ3) is 6.82. The van der Waals surface area contributed by atoms with Gasteiger partial charge in [-0.15, -0.1) is 0 Å². The summed E-state index contributed by atoms with van der Waals surface area (Å²) in [4.78, 5) is 0. The Morgan fingerprint density at radius 3 is 2.42 bits per heavy atom. The van der Waals surface area contributed by atoms with Crippen molar-refractivity contribution in [3.63, 3.8) is 0 Å². The largest absolute Gasteiger partial charge is 0.420 e. The Morgan fingerprint density at radius 1 is 1.25 bits per heavy atom. The predicted octanol–water partition coefficient (Wildman–Crippen LogP) is 2.23. The molecule has 0 bridgehead atoms. The van der Waals surface area contributed by atoms with Crippen LogP contribution in [0.5, 0.6) is 0 Å². The van der Waals surface area contributed by atoms with Gasteiger partial charge in [0.2, 0.25) is 0 Å². The minimum absolute atomic E-state index is 1.15. The molecule has 2 nitrogen and oxygen atoms in total. The lowest BCUT2D eigenvalue weighted by atomic mass is 10.4. The minimum atomic E-state index is -1.28. The molecule has 3 heteroatoms. The molecule has 0 unspecified atom stereocenters. The van der Waals surface area contributed by atoms with Gasteiger partial charge in [0.1, 0.15) is 0 Å². The molecule has 0 saturated heterocycles. The highest BCUT2D eigenvalue weighted by molar-refractivity contribution is 6.71. The molecule has 0 spiro atoms. The lowest BCUT2D eigenvalue weighted by Crippen LogP contribution is -2.29. The molecule has 0 aromatic rings. The van der Waals surface area contributed by atoms with Gasteiger partial charge in [-0.05, 0) is 45.1 Å². The van der Waals surface area contributed by atoms with Crippen LogP contribution in [0.4, 0.5) is 0 Å². The summed E-state index contributed by atoms with van der Waals surface area (Å²) >= 11 is 0. The fourth-order valence-corrected chi connectivity index (χ4v) is 2.28. The Kier molecular flexibility index (Phi) is 6.71. The van der Waals surface area contributed by atoms with E-state index in [-0.39, 0.29) is 0 Å². The molecule has 0 aliphatic carbocycles. The first kappa shape index (κ1) is 12.1. The summed E-state index contributed by atoms with van der Waals surface area (Å²) in [6.45, 7) is 9.03. The van der Waals surface area contributed by atoms with Crippen LogP contribution in [-0.2, 0) is 4.43 Å². The van der Waals surface area contributed by atoms with Gasteiger partial charge in [-0.25, -0.2) is 0 Å². The van der Waals surface area contributed by atoms with Gasteiger partial charge in [0.05, 0.1) is 0 Å². The molecular formula is C9H23NOSi. The molecule has 0 saturated carbocycles. The van der Waals surface area contributed by atoms with Gasteiger partial charge < -0.3 is 9.74 Å². The van der Waals surface area contributed by atoms with Crippen molar-refractivity contribution in [3.8, 4) is 0 Å². The summed E-state index contributed by atoms with van der Waals surface area (Å²) < 4.78 is 5.46. The summed E-state index contributed by atoms with van der Waals surface area (Å²) in [6.07, 6.45) is 2.48. The standard InChI is InChI=1S/C9H23NOSi/c1-5-7-10-8-6-9-12(3,4)11-2/h10H,5-9H2,1-4H3. The first-order valence-corrected chi connectivity index (χ1v) is 8.00. The van der Waals surface area contributed by atoms with E-state index in [9.17, 15) is 0 Å². The lowest BCUT2D eigenvalue weighted by Gasteiger charge is -2.19. The van der Waals surface area contributed by atoms with Gasteiger partial charge in [0.25, 0.3) is 0 Å². The number of nitrogens with one attached hydrogen (secondary N) is 1. The molecule has 0 radical (unpaired) electrons. The number of hydrogen-bond acceptors (Lipinski definition) is 2. The second-order valence-corrected chi connectivity index (χ2v) is 8.25. The molecule has 0 amide bonds. The molecule has 1 N–H and O–H groups in total. The second kappa shape index (κ2) is 6.63. The molecule has 0 atom stereocenters. The first-order valence-electron chi connectivity index (χ1n) is 4.88. The van der Waals surface area contributed by atoms with E-state index in [1.54, 1.807) is 0 Å². The zero-order valence-electron chi connectivity index (χ0n) is 8.94. The summed E-state index contributed by atoms with van der Waals surface area (Å²) in [5, 5.41) is 3.40. The Hall–Kier alpha value is 0.137. The Balaban J connectivity index is 3.19. The Bertz CT molecular complexity index is 107. The van der Waals surface area contributed by atoms with E-state index < -0.39 is 8.32 Å². The SMILES string of the molecule is CCCNCCC[Si](C)(C)OC. The van der Waals surface area contributed by atoms with Crippen LogP contribution >= 0.6 is 0 Å². The van der Waals surface area contributed by atoms with Crippen molar-refractivity contribution in [1.29, 1.82) is 0 Å². The summed E-state index contributed by atoms with van der Waals surface area (Å²) in [5.74, 6) is 0. The average Bonchev–Trinajstić information content (AvgIpc) is 2.04. The molecule has 0 aromatic heterocycles. The van der Waals surface area contributed by atoms with Crippen LogP contribution < -0.4 is 5.32 Å². The Labute approximate surface area is 77.8 Å². The van der Waals surface area contributed by atoms with Gasteiger partial charge in [0.15, 0.2) is 8.32 Å². The smallest absolute Gasteiger partial charge is 0.186 e. The fourth-order valence-electron chi connectivity index (χ4n) is 1.04. The summed E-state index contributed by atoms with van der Waals surface area (Å²) in [7, 11) is 0.562. The second-order valence-electron chi connectivity index (χ2n) is 3.82. The van der Waals surface area contributed by atoms with Crippen LogP contribution in [0.1, 0.15) is 19.8 Å². The van der Waals surface area contributed by atoms with Crippen molar-refractivity contribution in [1.82, 2.24) is 5.32 Å². The summed E-state index contributed by atoms with van der Waals surface area (Å²) in [6, 6.07) is 1.26. The molecule has 0 fully saturated rings. The van der Waals surface area contributed by atoms with E-state index in [2.05, 4.69) is 25.3 Å². The van der Waals surface area contributed by atoms with Crippen molar-refractivity contribution in [2.45, 2.75) is 38.9 Å². The maximum absolute atomic E-state index is 5.46. The van der Waals surface area contributed by atoms with Crippen LogP contribution in [0.3, 0.4) is 0 Å². The zero-order valence-corrected chi connectivity index (χ0v) is 9.94. The van der Waals surface area contributed by atoms with E-state index in [1.807, 2.05) is 7.11 Å². The summed E-state index contributed by atoms with van der Waals surface area (Å²) in [5.41, 5.74) is 0. The van der Waals surface area contributed by atoms with Gasteiger partial charge in [-0.1, -0.05) is 6.92 Å². The van der Waals surface area contributed by atoms with Crippen molar-refractivity contribution < 1.29 is 4.43 Å². The zero-order chi connectivity index (χ0) is 9.45. The van der Waals surface area contributed by atoms with E-state index in [4.69, 9.17) is 4.43 Å². The monoisotopic (exact) mass is 189 g/mol. The molecule has 12 heavy (non-hydrogen) atoms. The Morgan fingerprint density at radius 2 is 1.92 bits per heavy atom. The highest BCUT2D eigenvalue weighted by atomic mass is 28.4. The van der Waals surface area contributed by atoms with E-state index in [1.165, 1.54) is 18.9 Å². The van der Waals surface area contributed by atoms with Gasteiger partial charge in [-0.3, -0.25) is 0 Å². The minimum Gasteiger partial charge on any atom is -0.420 e. The molecule has 0 aliphatic heterocycles. The molecule has 74 valence electrons.